The summed E-state index contributed by atoms with van der Waals surface area (Å²) in [5.41, 5.74) is 0.473. The van der Waals surface area contributed by atoms with Crippen LogP contribution in [0.1, 0.15) is 10.4 Å². The highest BCUT2D eigenvalue weighted by Crippen LogP contribution is 2.36. The summed E-state index contributed by atoms with van der Waals surface area (Å²) >= 11 is 20.8. The number of anilines is 1. The van der Waals surface area contributed by atoms with Gasteiger partial charge in [-0.2, -0.15) is 0 Å². The van der Waals surface area contributed by atoms with Crippen molar-refractivity contribution in [3.8, 4) is 5.75 Å². The number of halogens is 4. The summed E-state index contributed by atoms with van der Waals surface area (Å²) in [6, 6.07) is 4.51. The average molecular weight is 411 g/mol. The van der Waals surface area contributed by atoms with Gasteiger partial charge in [0.1, 0.15) is 0 Å². The third kappa shape index (κ3) is 3.77. The van der Waals surface area contributed by atoms with Gasteiger partial charge in [-0.1, -0.05) is 34.8 Å². The Morgan fingerprint density at radius 3 is 2.62 bits per heavy atom. The van der Waals surface area contributed by atoms with Crippen LogP contribution < -0.4 is 10.1 Å². The molecule has 0 radical (unpaired) electrons. The maximum atomic E-state index is 12.2. The highest BCUT2D eigenvalue weighted by atomic mass is 79.9. The Morgan fingerprint density at radius 2 is 1.95 bits per heavy atom. The molecule has 1 amide bonds. The number of ether oxygens (including phenoxy) is 1. The number of nitrogens with zero attached hydrogens (tertiary/aromatic N) is 2. The normalized spacial score (nSPS) is 10.3. The molecule has 110 valence electrons. The van der Waals surface area contributed by atoms with Gasteiger partial charge in [0.15, 0.2) is 16.1 Å². The molecule has 21 heavy (non-hydrogen) atoms. The van der Waals surface area contributed by atoms with Gasteiger partial charge in [-0.3, -0.25) is 4.79 Å². The Labute approximate surface area is 143 Å². The number of carbonyl (C=O) groups is 1. The number of hydrogen-bond acceptors (Lipinski definition) is 4. The first-order chi connectivity index (χ1) is 9.92. The molecule has 1 aromatic heterocycles. The number of methoxy groups -OCH3 is 1. The van der Waals surface area contributed by atoms with Crippen LogP contribution in [-0.2, 0) is 0 Å². The number of benzene rings is 1. The van der Waals surface area contributed by atoms with Crippen molar-refractivity contribution in [3.63, 3.8) is 0 Å². The largest absolute Gasteiger partial charge is 0.493 e. The number of aromatic nitrogens is 2. The lowest BCUT2D eigenvalue weighted by molar-refractivity contribution is 0.102. The van der Waals surface area contributed by atoms with Gasteiger partial charge in [0.05, 0.1) is 22.8 Å². The first kappa shape index (κ1) is 16.3. The number of amides is 1. The molecule has 1 N–H and O–H groups in total. The Kier molecular flexibility index (Phi) is 5.27. The third-order valence-electron chi connectivity index (χ3n) is 2.42. The van der Waals surface area contributed by atoms with E-state index in [0.29, 0.717) is 20.9 Å². The van der Waals surface area contributed by atoms with Gasteiger partial charge in [0.25, 0.3) is 5.91 Å². The fourth-order valence-electron chi connectivity index (χ4n) is 1.56. The molecule has 0 aliphatic carbocycles. The number of hydrogen-bond donors (Lipinski definition) is 1. The quantitative estimate of drug-likeness (QED) is 0.810. The van der Waals surface area contributed by atoms with Crippen molar-refractivity contribution in [2.24, 2.45) is 0 Å². The van der Waals surface area contributed by atoms with Crippen LogP contribution in [0.3, 0.4) is 0 Å². The smallest absolute Gasteiger partial charge is 0.259 e. The summed E-state index contributed by atoms with van der Waals surface area (Å²) in [6.45, 7) is 0. The minimum absolute atomic E-state index is 0.0584. The van der Waals surface area contributed by atoms with Gasteiger partial charge < -0.3 is 10.1 Å². The monoisotopic (exact) mass is 409 g/mol. The number of nitrogens with one attached hydrogen (secondary N) is 1. The summed E-state index contributed by atoms with van der Waals surface area (Å²) < 4.78 is 5.82. The minimum Gasteiger partial charge on any atom is -0.493 e. The van der Waals surface area contributed by atoms with Crippen LogP contribution in [-0.4, -0.2) is 23.2 Å². The summed E-state index contributed by atoms with van der Waals surface area (Å²) in [4.78, 5) is 12.2. The van der Waals surface area contributed by atoms with Crippen molar-refractivity contribution in [2.45, 2.75) is 0 Å². The van der Waals surface area contributed by atoms with Crippen molar-refractivity contribution in [1.29, 1.82) is 0 Å². The minimum atomic E-state index is -0.510. The Morgan fingerprint density at radius 1 is 1.24 bits per heavy atom. The Bertz CT molecular complexity index is 712. The van der Waals surface area contributed by atoms with Gasteiger partial charge in [-0.15, -0.1) is 10.2 Å². The van der Waals surface area contributed by atoms with Crippen LogP contribution in [0.2, 0.25) is 15.3 Å². The molecule has 5 nitrogen and oxygen atoms in total. The van der Waals surface area contributed by atoms with E-state index in [1.165, 1.54) is 13.2 Å². The van der Waals surface area contributed by atoms with E-state index >= 15 is 0 Å². The van der Waals surface area contributed by atoms with Gasteiger partial charge in [-0.25, -0.2) is 0 Å². The molecule has 0 aliphatic rings. The molecule has 0 fully saturated rings. The third-order valence-corrected chi connectivity index (χ3v) is 3.70. The van der Waals surface area contributed by atoms with Crippen LogP contribution >= 0.6 is 50.7 Å². The van der Waals surface area contributed by atoms with E-state index < -0.39 is 5.91 Å². The standard InChI is InChI=1S/C12H7BrCl3N3O2/c1-21-10-7(13)2-5(14)3-8(10)17-12(20)6-4-9(15)18-19-11(6)16/h2-4H,1H3,(H,17,20). The molecular weight excluding hydrogens is 404 g/mol. The molecule has 1 heterocycles. The SMILES string of the molecule is COc1c(Br)cc(Cl)cc1NC(=O)c1cc(Cl)nnc1Cl. The summed E-state index contributed by atoms with van der Waals surface area (Å²) in [5.74, 6) is -0.0822. The summed E-state index contributed by atoms with van der Waals surface area (Å²) in [6.07, 6.45) is 0. The van der Waals surface area contributed by atoms with Crippen molar-refractivity contribution in [1.82, 2.24) is 10.2 Å². The van der Waals surface area contributed by atoms with E-state index in [-0.39, 0.29) is 15.9 Å². The Balaban J connectivity index is 2.38. The van der Waals surface area contributed by atoms with Crippen LogP contribution in [0.25, 0.3) is 0 Å². The molecular formula is C12H7BrCl3N3O2. The van der Waals surface area contributed by atoms with Gasteiger partial charge >= 0.3 is 0 Å². The fraction of sp³-hybridized carbons (Fsp3) is 0.0833. The second-order valence-corrected chi connectivity index (χ2v) is 5.83. The van der Waals surface area contributed by atoms with E-state index in [0.717, 1.165) is 0 Å². The van der Waals surface area contributed by atoms with E-state index in [2.05, 4.69) is 31.4 Å². The first-order valence-corrected chi connectivity index (χ1v) is 7.38. The Hall–Kier alpha value is -1.08. The number of rotatable bonds is 3. The van der Waals surface area contributed by atoms with E-state index in [4.69, 9.17) is 39.5 Å². The molecule has 0 unspecified atom stereocenters. The molecule has 2 aromatic rings. The fourth-order valence-corrected chi connectivity index (χ4v) is 2.86. The highest BCUT2D eigenvalue weighted by Gasteiger charge is 2.17. The lowest BCUT2D eigenvalue weighted by atomic mass is 10.2. The predicted molar refractivity (Wildman–Crippen MR) is 85.7 cm³/mol. The lowest BCUT2D eigenvalue weighted by Crippen LogP contribution is -2.14. The zero-order valence-corrected chi connectivity index (χ0v) is 14.3. The van der Waals surface area contributed by atoms with Crippen molar-refractivity contribution in [2.75, 3.05) is 12.4 Å². The van der Waals surface area contributed by atoms with E-state index in [1.54, 1.807) is 12.1 Å². The molecule has 0 atom stereocenters. The maximum absolute atomic E-state index is 12.2. The zero-order chi connectivity index (χ0) is 15.6. The predicted octanol–water partition coefficient (Wildman–Crippen LogP) is 4.46. The van der Waals surface area contributed by atoms with Crippen LogP contribution in [0, 0.1) is 0 Å². The molecule has 0 saturated carbocycles. The van der Waals surface area contributed by atoms with Crippen LogP contribution in [0.5, 0.6) is 5.75 Å². The van der Waals surface area contributed by atoms with Gasteiger partial charge in [0.2, 0.25) is 0 Å². The molecule has 0 saturated heterocycles. The maximum Gasteiger partial charge on any atom is 0.259 e. The van der Waals surface area contributed by atoms with Crippen LogP contribution in [0.4, 0.5) is 5.69 Å². The van der Waals surface area contributed by atoms with Crippen molar-refractivity contribution >= 4 is 62.3 Å². The van der Waals surface area contributed by atoms with Crippen molar-refractivity contribution in [3.05, 3.63) is 43.6 Å². The van der Waals surface area contributed by atoms with Crippen molar-refractivity contribution < 1.29 is 9.53 Å². The molecule has 1 aromatic carbocycles. The molecule has 0 aliphatic heterocycles. The summed E-state index contributed by atoms with van der Waals surface area (Å²) in [7, 11) is 1.47. The molecule has 2 rings (SSSR count). The average Bonchev–Trinajstić information content (AvgIpc) is 2.41. The molecule has 9 heteroatoms. The second-order valence-electron chi connectivity index (χ2n) is 3.79. The van der Waals surface area contributed by atoms with E-state index in [1.807, 2.05) is 0 Å². The highest BCUT2D eigenvalue weighted by molar-refractivity contribution is 9.10. The summed E-state index contributed by atoms with van der Waals surface area (Å²) in [5, 5.41) is 10.2. The molecule has 0 spiro atoms. The van der Waals surface area contributed by atoms with Gasteiger partial charge in [-0.05, 0) is 34.1 Å². The van der Waals surface area contributed by atoms with Gasteiger partial charge in [0, 0.05) is 5.02 Å². The molecule has 0 bridgehead atoms. The topological polar surface area (TPSA) is 64.1 Å². The first-order valence-electron chi connectivity index (χ1n) is 5.45. The van der Waals surface area contributed by atoms with E-state index in [9.17, 15) is 4.79 Å². The zero-order valence-electron chi connectivity index (χ0n) is 10.5. The van der Waals surface area contributed by atoms with Crippen LogP contribution in [0.15, 0.2) is 22.7 Å². The second kappa shape index (κ2) is 6.79. The number of carbonyl (C=O) groups excluding carboxylic acids is 1. The lowest BCUT2D eigenvalue weighted by Gasteiger charge is -2.12.